The minimum absolute atomic E-state index is 0.0110. The van der Waals surface area contributed by atoms with Gasteiger partial charge in [-0.05, 0) is 35.9 Å². The average Bonchev–Trinajstić information content (AvgIpc) is 3.43. The van der Waals surface area contributed by atoms with Gasteiger partial charge in [0.05, 0.1) is 11.7 Å². The summed E-state index contributed by atoms with van der Waals surface area (Å²) in [6.07, 6.45) is 5.30. The summed E-state index contributed by atoms with van der Waals surface area (Å²) in [5.41, 5.74) is 2.89. The van der Waals surface area contributed by atoms with Crippen molar-refractivity contribution in [2.24, 2.45) is 0 Å². The van der Waals surface area contributed by atoms with Crippen LogP contribution in [-0.2, 0) is 9.67 Å². The molecule has 36 heavy (non-hydrogen) atoms. The van der Waals surface area contributed by atoms with Crippen LogP contribution < -0.4 is 10.6 Å². The van der Waals surface area contributed by atoms with E-state index in [1.807, 2.05) is 42.5 Å². The molecule has 5 rings (SSSR count). The van der Waals surface area contributed by atoms with Crippen LogP contribution in [0.5, 0.6) is 0 Å². The van der Waals surface area contributed by atoms with Gasteiger partial charge in [0, 0.05) is 75.7 Å². The second-order valence-corrected chi connectivity index (χ2v) is 10.3. The van der Waals surface area contributed by atoms with Gasteiger partial charge in [0.25, 0.3) is 5.91 Å². The Bertz CT molecular complexity index is 1120. The van der Waals surface area contributed by atoms with Crippen molar-refractivity contribution in [3.63, 3.8) is 0 Å². The van der Waals surface area contributed by atoms with Gasteiger partial charge in [-0.15, -0.1) is 11.8 Å². The third-order valence-electron chi connectivity index (χ3n) is 6.82. The predicted molar refractivity (Wildman–Crippen MR) is 140 cm³/mol. The van der Waals surface area contributed by atoms with Crippen molar-refractivity contribution in [3.05, 3.63) is 95.8 Å². The molecule has 2 aliphatic rings. The van der Waals surface area contributed by atoms with Gasteiger partial charge in [0.2, 0.25) is 0 Å². The number of hydrogen-bond donors (Lipinski definition) is 2. The second-order valence-electron chi connectivity index (χ2n) is 9.04. The highest BCUT2D eigenvalue weighted by molar-refractivity contribution is 8.01. The van der Waals surface area contributed by atoms with Crippen molar-refractivity contribution in [3.8, 4) is 0 Å². The number of carbonyl (C=O) groups is 1. The van der Waals surface area contributed by atoms with Gasteiger partial charge in [0.1, 0.15) is 5.82 Å². The highest BCUT2D eigenvalue weighted by Gasteiger charge is 2.43. The summed E-state index contributed by atoms with van der Waals surface area (Å²) in [6, 6.07) is 16.5. The van der Waals surface area contributed by atoms with E-state index >= 15 is 0 Å². The van der Waals surface area contributed by atoms with Gasteiger partial charge in [-0.3, -0.25) is 29.9 Å². The van der Waals surface area contributed by atoms with Crippen LogP contribution in [0.2, 0.25) is 0 Å². The minimum atomic E-state index is -0.766. The summed E-state index contributed by atoms with van der Waals surface area (Å²) in [4.78, 5) is 26.0. The molecule has 0 bridgehead atoms. The van der Waals surface area contributed by atoms with E-state index < -0.39 is 4.87 Å². The van der Waals surface area contributed by atoms with E-state index in [4.69, 9.17) is 0 Å². The smallest absolute Gasteiger partial charge is 0.255 e. The molecule has 0 radical (unpaired) electrons. The summed E-state index contributed by atoms with van der Waals surface area (Å²) >= 11 is 1.62. The topological polar surface area (TPSA) is 73.4 Å². The van der Waals surface area contributed by atoms with Crippen LogP contribution in [0.25, 0.3) is 0 Å². The lowest BCUT2D eigenvalue weighted by molar-refractivity contribution is -0.124. The van der Waals surface area contributed by atoms with Crippen LogP contribution in [0.15, 0.2) is 73.2 Å². The molecule has 2 N–H and O–H groups in total. The molecule has 1 unspecified atom stereocenters. The third-order valence-corrected chi connectivity index (χ3v) is 8.23. The molecule has 4 heterocycles. The van der Waals surface area contributed by atoms with Gasteiger partial charge < -0.3 is 5.32 Å². The number of rotatable bonds is 8. The number of benzene rings is 1. The lowest BCUT2D eigenvalue weighted by Crippen LogP contribution is -2.52. The zero-order valence-corrected chi connectivity index (χ0v) is 21.0. The van der Waals surface area contributed by atoms with E-state index in [9.17, 15) is 9.18 Å². The highest BCUT2D eigenvalue weighted by atomic mass is 32.2. The number of pyridine rings is 2. The van der Waals surface area contributed by atoms with E-state index in [0.29, 0.717) is 6.54 Å². The van der Waals surface area contributed by atoms with Crippen molar-refractivity contribution in [2.45, 2.75) is 10.9 Å². The first-order valence-electron chi connectivity index (χ1n) is 12.4. The Morgan fingerprint density at radius 3 is 2.58 bits per heavy atom. The Hall–Kier alpha value is -2.85. The van der Waals surface area contributed by atoms with E-state index in [-0.39, 0.29) is 17.8 Å². The van der Waals surface area contributed by atoms with E-state index in [2.05, 4.69) is 30.4 Å². The summed E-state index contributed by atoms with van der Waals surface area (Å²) in [7, 11) is 0. The number of nitrogens with zero attached hydrogens (tertiary/aromatic N) is 4. The Balaban J connectivity index is 1.17. The molecule has 2 aliphatic heterocycles. The molecule has 1 amide bonds. The number of hydrogen-bond acceptors (Lipinski definition) is 7. The Kier molecular flexibility index (Phi) is 7.91. The van der Waals surface area contributed by atoms with Crippen molar-refractivity contribution in [1.82, 2.24) is 30.4 Å². The molecular weight excluding hydrogens is 475 g/mol. The number of carbonyl (C=O) groups excluding carboxylic acids is 1. The highest BCUT2D eigenvalue weighted by Crippen LogP contribution is 2.37. The molecular formula is C27H31FN6OS. The Morgan fingerprint density at radius 1 is 1.08 bits per heavy atom. The largest absolute Gasteiger partial charge is 0.352 e. The minimum Gasteiger partial charge on any atom is -0.352 e. The van der Waals surface area contributed by atoms with Crippen LogP contribution in [0.3, 0.4) is 0 Å². The van der Waals surface area contributed by atoms with Gasteiger partial charge >= 0.3 is 0 Å². The Labute approximate surface area is 215 Å². The Morgan fingerprint density at radius 2 is 1.92 bits per heavy atom. The number of piperazine rings is 1. The SMILES string of the molecule is O=C(NCCN1CCN(C(c2ccc(F)cc2)c2ccccn2)CC1)[C@]1(c2cccnc2)NCCS1. The molecule has 2 atom stereocenters. The normalized spacial score (nSPS) is 21.8. The van der Waals surface area contributed by atoms with Gasteiger partial charge in [-0.25, -0.2) is 4.39 Å². The van der Waals surface area contributed by atoms with Crippen LogP contribution in [0, 0.1) is 5.82 Å². The molecule has 0 spiro atoms. The second kappa shape index (κ2) is 11.5. The van der Waals surface area contributed by atoms with E-state index in [0.717, 1.165) is 61.8 Å². The number of aromatic nitrogens is 2. The summed E-state index contributed by atoms with van der Waals surface area (Å²) < 4.78 is 13.6. The average molecular weight is 507 g/mol. The molecule has 9 heteroatoms. The number of nitrogens with one attached hydrogen (secondary N) is 2. The van der Waals surface area contributed by atoms with Crippen LogP contribution >= 0.6 is 11.8 Å². The number of thioether (sulfide) groups is 1. The molecule has 2 aromatic heterocycles. The molecule has 188 valence electrons. The van der Waals surface area contributed by atoms with Crippen molar-refractivity contribution < 1.29 is 9.18 Å². The standard InChI is InChI=1S/C27H31FN6OS/c28-23-8-6-21(7-9-23)25(24-5-1-2-11-30-24)34-17-15-33(16-18-34)14-12-31-26(35)27(32-13-19-36-27)22-4-3-10-29-20-22/h1-11,20,25,32H,12-19H2,(H,31,35)/t25?,27-/m1/s1. The molecule has 2 fully saturated rings. The molecule has 2 saturated heterocycles. The van der Waals surface area contributed by atoms with Gasteiger partial charge in [-0.1, -0.05) is 24.3 Å². The first-order valence-corrected chi connectivity index (χ1v) is 13.3. The molecule has 0 saturated carbocycles. The van der Waals surface area contributed by atoms with Crippen LogP contribution in [0.4, 0.5) is 4.39 Å². The third kappa shape index (κ3) is 5.44. The first kappa shape index (κ1) is 24.8. The fraction of sp³-hybridized carbons (Fsp3) is 0.370. The quantitative estimate of drug-likeness (QED) is 0.487. The summed E-state index contributed by atoms with van der Waals surface area (Å²) in [5, 5.41) is 6.54. The molecule has 0 aliphatic carbocycles. The molecule has 7 nitrogen and oxygen atoms in total. The maximum Gasteiger partial charge on any atom is 0.255 e. The fourth-order valence-corrected chi connectivity index (χ4v) is 6.17. The molecule has 3 aromatic rings. The maximum absolute atomic E-state index is 13.6. The van der Waals surface area contributed by atoms with Gasteiger partial charge in [-0.2, -0.15) is 0 Å². The zero-order chi connectivity index (χ0) is 24.8. The number of amides is 1. The van der Waals surface area contributed by atoms with Crippen LogP contribution in [0.1, 0.15) is 22.9 Å². The predicted octanol–water partition coefficient (Wildman–Crippen LogP) is 2.63. The maximum atomic E-state index is 13.6. The van der Waals surface area contributed by atoms with Crippen molar-refractivity contribution >= 4 is 17.7 Å². The summed E-state index contributed by atoms with van der Waals surface area (Å²) in [6.45, 7) is 5.68. The van der Waals surface area contributed by atoms with Crippen LogP contribution in [-0.4, -0.2) is 77.2 Å². The summed E-state index contributed by atoms with van der Waals surface area (Å²) in [5.74, 6) is 0.639. The van der Waals surface area contributed by atoms with Crippen molar-refractivity contribution in [2.75, 3.05) is 51.6 Å². The van der Waals surface area contributed by atoms with Gasteiger partial charge in [0.15, 0.2) is 4.87 Å². The fourth-order valence-electron chi connectivity index (χ4n) is 4.96. The number of halogens is 1. The monoisotopic (exact) mass is 506 g/mol. The van der Waals surface area contributed by atoms with E-state index in [1.165, 1.54) is 12.1 Å². The lowest BCUT2D eigenvalue weighted by Gasteiger charge is -2.39. The first-order chi connectivity index (χ1) is 17.7. The lowest BCUT2D eigenvalue weighted by atomic mass is 10.0. The van der Waals surface area contributed by atoms with E-state index in [1.54, 1.807) is 30.4 Å². The van der Waals surface area contributed by atoms with Crippen molar-refractivity contribution in [1.29, 1.82) is 0 Å². The molecule has 1 aromatic carbocycles. The zero-order valence-electron chi connectivity index (χ0n) is 20.1.